The summed E-state index contributed by atoms with van der Waals surface area (Å²) in [6.45, 7) is 0.954. The van der Waals surface area contributed by atoms with Crippen LogP contribution in [0.4, 0.5) is 0 Å². The molecule has 1 aromatic carbocycles. The van der Waals surface area contributed by atoms with Crippen molar-refractivity contribution in [3.8, 4) is 11.5 Å². The van der Waals surface area contributed by atoms with Crippen molar-refractivity contribution in [2.45, 2.75) is 42.4 Å². The summed E-state index contributed by atoms with van der Waals surface area (Å²) < 4.78 is 6.13. The van der Waals surface area contributed by atoms with Gasteiger partial charge in [0, 0.05) is 18.0 Å². The fraction of sp³-hybridized carbons (Fsp3) is 0.529. The van der Waals surface area contributed by atoms with E-state index in [-0.39, 0.29) is 23.3 Å². The van der Waals surface area contributed by atoms with Gasteiger partial charge < -0.3 is 14.9 Å². The summed E-state index contributed by atoms with van der Waals surface area (Å²) in [6, 6.07) is 3.82. The second-order valence-electron chi connectivity index (χ2n) is 6.94. The molecule has 0 amide bonds. The number of phenolic OH excluding ortho intramolecular Hbond substituents is 1. The molecule has 110 valence electrons. The Hall–Kier alpha value is -1.52. The fourth-order valence-electron chi connectivity index (χ4n) is 5.28. The van der Waals surface area contributed by atoms with Crippen LogP contribution in [0.5, 0.6) is 11.5 Å². The number of phenols is 1. The van der Waals surface area contributed by atoms with E-state index in [1.807, 2.05) is 18.2 Å². The van der Waals surface area contributed by atoms with Crippen LogP contribution >= 0.6 is 0 Å². The van der Waals surface area contributed by atoms with Crippen LogP contribution in [0, 0.1) is 0 Å². The molecule has 0 radical (unpaired) electrons. The molecular weight excluding hydrogens is 266 g/mol. The number of hydrogen-bond donors (Lipinski definition) is 2. The summed E-state index contributed by atoms with van der Waals surface area (Å²) in [6.07, 6.45) is 6.45. The van der Waals surface area contributed by atoms with Gasteiger partial charge in [-0.05, 0) is 38.1 Å². The van der Waals surface area contributed by atoms with E-state index >= 15 is 0 Å². The molecule has 4 aliphatic rings. The van der Waals surface area contributed by atoms with Crippen LogP contribution < -0.4 is 4.74 Å². The average molecular weight is 285 g/mol. The maximum Gasteiger partial charge on any atom is 0.165 e. The van der Waals surface area contributed by atoms with Gasteiger partial charge in [-0.15, -0.1) is 0 Å². The number of ether oxygens (including phenoxy) is 1. The maximum atomic E-state index is 11.6. The van der Waals surface area contributed by atoms with Crippen LogP contribution in [0.15, 0.2) is 24.3 Å². The smallest absolute Gasteiger partial charge is 0.165 e. The first-order valence-electron chi connectivity index (χ1n) is 7.70. The molecule has 0 aromatic heterocycles. The van der Waals surface area contributed by atoms with Gasteiger partial charge in [0.25, 0.3) is 0 Å². The number of likely N-dealkylation sites (N-methyl/N-ethyl adjacent to an activating group) is 1. The molecular formula is C17H19NO3. The van der Waals surface area contributed by atoms with E-state index in [0.717, 1.165) is 31.4 Å². The normalized spacial score (nSPS) is 42.6. The molecule has 2 N–H and O–H groups in total. The molecule has 21 heavy (non-hydrogen) atoms. The lowest BCUT2D eigenvalue weighted by atomic mass is 9.51. The third kappa shape index (κ3) is 1.10. The van der Waals surface area contributed by atoms with E-state index in [1.54, 1.807) is 6.07 Å². The van der Waals surface area contributed by atoms with Crippen molar-refractivity contribution in [3.05, 3.63) is 35.4 Å². The topological polar surface area (TPSA) is 52.9 Å². The maximum absolute atomic E-state index is 11.6. The zero-order chi connectivity index (χ0) is 14.4. The molecule has 4 atom stereocenters. The molecule has 1 spiro atoms. The van der Waals surface area contributed by atoms with Crippen LogP contribution in [-0.4, -0.2) is 46.5 Å². The van der Waals surface area contributed by atoms with Gasteiger partial charge in [0.2, 0.25) is 0 Å². The second-order valence-corrected chi connectivity index (χ2v) is 6.94. The Morgan fingerprint density at radius 2 is 2.24 bits per heavy atom. The summed E-state index contributed by atoms with van der Waals surface area (Å²) in [5.74, 6) is 0.819. The predicted molar refractivity (Wildman–Crippen MR) is 77.6 cm³/mol. The number of benzene rings is 1. The zero-order valence-corrected chi connectivity index (χ0v) is 12.0. The summed E-state index contributed by atoms with van der Waals surface area (Å²) in [4.78, 5) is 2.27. The molecule has 1 aromatic rings. The first-order valence-corrected chi connectivity index (χ1v) is 7.70. The summed E-state index contributed by atoms with van der Waals surface area (Å²) in [7, 11) is 2.09. The van der Waals surface area contributed by atoms with Gasteiger partial charge in [-0.1, -0.05) is 18.2 Å². The summed E-state index contributed by atoms with van der Waals surface area (Å²) >= 11 is 0. The van der Waals surface area contributed by atoms with Crippen LogP contribution in [0.2, 0.25) is 0 Å². The SMILES string of the molecule is CN1CC[C@]23c4c5ccc(O)c4OC2CC=CC3(O)[C@H]1C5. The van der Waals surface area contributed by atoms with E-state index < -0.39 is 5.60 Å². The Balaban J connectivity index is 1.89. The molecule has 2 bridgehead atoms. The highest BCUT2D eigenvalue weighted by atomic mass is 16.5. The van der Waals surface area contributed by atoms with Crippen molar-refractivity contribution in [2.24, 2.45) is 0 Å². The van der Waals surface area contributed by atoms with Crippen molar-refractivity contribution in [1.82, 2.24) is 4.90 Å². The number of piperidine rings is 1. The summed E-state index contributed by atoms with van der Waals surface area (Å²) in [5, 5.41) is 21.8. The van der Waals surface area contributed by atoms with E-state index in [0.29, 0.717) is 5.75 Å². The molecule has 2 aliphatic carbocycles. The fourth-order valence-corrected chi connectivity index (χ4v) is 5.28. The number of aromatic hydroxyl groups is 1. The minimum Gasteiger partial charge on any atom is -0.504 e. The van der Waals surface area contributed by atoms with E-state index in [1.165, 1.54) is 5.56 Å². The highest BCUT2D eigenvalue weighted by Gasteiger charge is 2.69. The van der Waals surface area contributed by atoms with Gasteiger partial charge in [0.15, 0.2) is 11.5 Å². The Labute approximate surface area is 123 Å². The van der Waals surface area contributed by atoms with E-state index in [9.17, 15) is 10.2 Å². The highest BCUT2D eigenvalue weighted by molar-refractivity contribution is 5.63. The van der Waals surface area contributed by atoms with E-state index in [4.69, 9.17) is 4.74 Å². The van der Waals surface area contributed by atoms with Crippen molar-refractivity contribution in [1.29, 1.82) is 0 Å². The highest BCUT2D eigenvalue weighted by Crippen LogP contribution is 2.63. The van der Waals surface area contributed by atoms with Crippen LogP contribution in [0.25, 0.3) is 0 Å². The summed E-state index contributed by atoms with van der Waals surface area (Å²) in [5.41, 5.74) is 1.01. The lowest BCUT2D eigenvalue weighted by Crippen LogP contribution is -2.73. The largest absolute Gasteiger partial charge is 0.504 e. The van der Waals surface area contributed by atoms with Gasteiger partial charge in [0.05, 0.1) is 5.41 Å². The molecule has 4 nitrogen and oxygen atoms in total. The van der Waals surface area contributed by atoms with Gasteiger partial charge >= 0.3 is 0 Å². The minimum atomic E-state index is -0.894. The molecule has 0 saturated carbocycles. The van der Waals surface area contributed by atoms with Gasteiger partial charge in [-0.2, -0.15) is 0 Å². The third-order valence-electron chi connectivity index (χ3n) is 6.23. The van der Waals surface area contributed by atoms with Gasteiger partial charge in [-0.25, -0.2) is 0 Å². The zero-order valence-electron chi connectivity index (χ0n) is 12.0. The first kappa shape index (κ1) is 12.1. The standard InChI is InChI=1S/C17H19NO3/c1-18-8-7-16-13-3-2-6-17(16,20)12(18)9-10-4-5-11(19)15(21-13)14(10)16/h2,4-6,12-13,19-20H,3,7-9H2,1H3/t12-,13?,16-,17?/m1/s1. The number of aliphatic hydroxyl groups is 1. The van der Waals surface area contributed by atoms with Crippen molar-refractivity contribution >= 4 is 0 Å². The Morgan fingerprint density at radius 1 is 1.38 bits per heavy atom. The molecule has 5 rings (SSSR count). The number of likely N-dealkylation sites (tertiary alicyclic amines) is 1. The number of hydrogen-bond acceptors (Lipinski definition) is 4. The van der Waals surface area contributed by atoms with Gasteiger partial charge in [0.1, 0.15) is 11.7 Å². The van der Waals surface area contributed by atoms with Crippen LogP contribution in [-0.2, 0) is 11.8 Å². The number of nitrogens with zero attached hydrogens (tertiary/aromatic N) is 1. The molecule has 1 saturated heterocycles. The molecule has 2 heterocycles. The van der Waals surface area contributed by atoms with Crippen LogP contribution in [0.1, 0.15) is 24.0 Å². The Morgan fingerprint density at radius 3 is 3.10 bits per heavy atom. The average Bonchev–Trinajstić information content (AvgIpc) is 2.80. The quantitative estimate of drug-likeness (QED) is 0.706. The molecule has 2 aliphatic heterocycles. The van der Waals surface area contributed by atoms with Crippen LogP contribution in [0.3, 0.4) is 0 Å². The molecule has 4 heteroatoms. The minimum absolute atomic E-state index is 0.0638. The van der Waals surface area contributed by atoms with E-state index in [2.05, 4.69) is 11.9 Å². The first-order chi connectivity index (χ1) is 10.1. The number of rotatable bonds is 0. The lowest BCUT2D eigenvalue weighted by Gasteiger charge is -2.60. The van der Waals surface area contributed by atoms with Gasteiger partial charge in [-0.3, -0.25) is 4.90 Å². The van der Waals surface area contributed by atoms with Crippen molar-refractivity contribution in [2.75, 3.05) is 13.6 Å². The van der Waals surface area contributed by atoms with Crippen molar-refractivity contribution < 1.29 is 14.9 Å². The Kier molecular flexibility index (Phi) is 1.98. The van der Waals surface area contributed by atoms with Crippen molar-refractivity contribution in [3.63, 3.8) is 0 Å². The Bertz CT molecular complexity index is 685. The second kappa shape index (κ2) is 3.45. The molecule has 2 unspecified atom stereocenters. The third-order valence-corrected chi connectivity index (χ3v) is 6.23. The lowest BCUT2D eigenvalue weighted by molar-refractivity contribution is -0.133. The monoisotopic (exact) mass is 285 g/mol. The molecule has 1 fully saturated rings. The predicted octanol–water partition coefficient (Wildman–Crippen LogP) is 1.34.